The Labute approximate surface area is 63.4 Å². The van der Waals surface area contributed by atoms with E-state index in [1.54, 1.807) is 0 Å². The Morgan fingerprint density at radius 3 is 2.30 bits per heavy atom. The summed E-state index contributed by atoms with van der Waals surface area (Å²) in [6.07, 6.45) is 1.45. The standard InChI is InChI=1S/C9H17N/c1-6-4-9-7(2)8(6)5-10(9)3/h6-9H,4-5H2,1-3H3. The van der Waals surface area contributed by atoms with Gasteiger partial charge in [-0.25, -0.2) is 0 Å². The molecule has 0 aromatic carbocycles. The first-order valence-electron chi connectivity index (χ1n) is 4.40. The van der Waals surface area contributed by atoms with Gasteiger partial charge in [0.2, 0.25) is 0 Å². The van der Waals surface area contributed by atoms with Crippen LogP contribution in [0.4, 0.5) is 0 Å². The molecule has 0 amide bonds. The number of hydrogen-bond donors (Lipinski definition) is 0. The van der Waals surface area contributed by atoms with E-state index in [4.69, 9.17) is 0 Å². The molecule has 1 heterocycles. The quantitative estimate of drug-likeness (QED) is 0.492. The van der Waals surface area contributed by atoms with Crippen molar-refractivity contribution >= 4 is 0 Å². The third-order valence-electron chi connectivity index (χ3n) is 3.69. The summed E-state index contributed by atoms with van der Waals surface area (Å²) in [5.74, 6) is 2.98. The summed E-state index contributed by atoms with van der Waals surface area (Å²) in [4.78, 5) is 2.54. The summed E-state index contributed by atoms with van der Waals surface area (Å²) in [5.41, 5.74) is 0. The van der Waals surface area contributed by atoms with Crippen molar-refractivity contribution in [3.05, 3.63) is 0 Å². The molecule has 0 spiro atoms. The minimum atomic E-state index is 0.917. The minimum Gasteiger partial charge on any atom is -0.303 e. The van der Waals surface area contributed by atoms with Crippen LogP contribution < -0.4 is 0 Å². The first-order valence-corrected chi connectivity index (χ1v) is 4.40. The number of hydrogen-bond acceptors (Lipinski definition) is 1. The first-order chi connectivity index (χ1) is 4.70. The first kappa shape index (κ1) is 6.66. The Bertz CT molecular complexity index is 128. The van der Waals surface area contributed by atoms with Gasteiger partial charge in [0.25, 0.3) is 0 Å². The van der Waals surface area contributed by atoms with E-state index < -0.39 is 0 Å². The molecule has 0 radical (unpaired) electrons. The number of nitrogens with zero attached hydrogens (tertiary/aromatic N) is 1. The van der Waals surface area contributed by atoms with Crippen LogP contribution in [0.3, 0.4) is 0 Å². The van der Waals surface area contributed by atoms with Crippen molar-refractivity contribution in [3.8, 4) is 0 Å². The molecule has 2 rings (SSSR count). The van der Waals surface area contributed by atoms with Gasteiger partial charge in [-0.2, -0.15) is 0 Å². The number of rotatable bonds is 0. The van der Waals surface area contributed by atoms with Gasteiger partial charge in [-0.15, -0.1) is 0 Å². The molecule has 4 unspecified atom stereocenters. The summed E-state index contributed by atoms with van der Waals surface area (Å²) in [7, 11) is 2.27. The number of fused-ring (bicyclic) bond motifs is 2. The molecule has 4 atom stereocenters. The van der Waals surface area contributed by atoms with E-state index in [9.17, 15) is 0 Å². The lowest BCUT2D eigenvalue weighted by Crippen LogP contribution is -2.31. The number of likely N-dealkylation sites (tertiary alicyclic amines) is 1. The fraction of sp³-hybridized carbons (Fsp3) is 1.00. The fourth-order valence-corrected chi connectivity index (χ4v) is 2.97. The van der Waals surface area contributed by atoms with Crippen LogP contribution in [0.5, 0.6) is 0 Å². The van der Waals surface area contributed by atoms with E-state index in [1.165, 1.54) is 13.0 Å². The van der Waals surface area contributed by atoms with Gasteiger partial charge in [-0.05, 0) is 31.2 Å². The van der Waals surface area contributed by atoms with Crippen LogP contribution in [0, 0.1) is 17.8 Å². The third-order valence-corrected chi connectivity index (χ3v) is 3.69. The molecule has 58 valence electrons. The predicted molar refractivity (Wildman–Crippen MR) is 42.9 cm³/mol. The molecular weight excluding hydrogens is 122 g/mol. The van der Waals surface area contributed by atoms with Crippen LogP contribution in [-0.2, 0) is 0 Å². The van der Waals surface area contributed by atoms with E-state index in [1.807, 2.05) is 0 Å². The Balaban J connectivity index is 2.17. The van der Waals surface area contributed by atoms with E-state index in [0.717, 1.165) is 23.8 Å². The molecule has 1 aliphatic carbocycles. The second kappa shape index (κ2) is 1.97. The molecule has 2 aliphatic rings. The molecule has 1 saturated carbocycles. The molecule has 0 aromatic rings. The van der Waals surface area contributed by atoms with Crippen molar-refractivity contribution in [2.24, 2.45) is 17.8 Å². The van der Waals surface area contributed by atoms with Crippen LogP contribution >= 0.6 is 0 Å². The molecule has 0 N–H and O–H groups in total. The van der Waals surface area contributed by atoms with Crippen molar-refractivity contribution in [2.45, 2.75) is 26.3 Å². The normalized spacial score (nSPS) is 54.3. The van der Waals surface area contributed by atoms with E-state index in [2.05, 4.69) is 25.8 Å². The van der Waals surface area contributed by atoms with E-state index >= 15 is 0 Å². The summed E-state index contributed by atoms with van der Waals surface area (Å²) in [6.45, 7) is 6.18. The topological polar surface area (TPSA) is 3.24 Å². The maximum absolute atomic E-state index is 2.54. The second-order valence-electron chi connectivity index (χ2n) is 4.24. The highest BCUT2D eigenvalue weighted by Gasteiger charge is 2.46. The van der Waals surface area contributed by atoms with Crippen LogP contribution in [0.2, 0.25) is 0 Å². The van der Waals surface area contributed by atoms with Gasteiger partial charge >= 0.3 is 0 Å². The van der Waals surface area contributed by atoms with Crippen LogP contribution in [-0.4, -0.2) is 24.5 Å². The number of piperidine rings is 1. The minimum absolute atomic E-state index is 0.917. The zero-order chi connectivity index (χ0) is 7.30. The lowest BCUT2D eigenvalue weighted by atomic mass is 9.93. The monoisotopic (exact) mass is 139 g/mol. The van der Waals surface area contributed by atoms with Crippen molar-refractivity contribution < 1.29 is 0 Å². The van der Waals surface area contributed by atoms with Crippen LogP contribution in [0.15, 0.2) is 0 Å². The maximum atomic E-state index is 2.54. The third kappa shape index (κ3) is 0.672. The summed E-state index contributed by atoms with van der Waals surface area (Å²) in [5, 5.41) is 0. The molecule has 1 heteroatoms. The van der Waals surface area contributed by atoms with Gasteiger partial charge in [-0.3, -0.25) is 0 Å². The molecule has 2 bridgehead atoms. The zero-order valence-corrected chi connectivity index (χ0v) is 7.17. The van der Waals surface area contributed by atoms with Crippen molar-refractivity contribution in [1.82, 2.24) is 4.90 Å². The highest BCUT2D eigenvalue weighted by atomic mass is 15.2. The highest BCUT2D eigenvalue weighted by Crippen LogP contribution is 2.45. The lowest BCUT2D eigenvalue weighted by Gasteiger charge is -2.25. The van der Waals surface area contributed by atoms with Crippen LogP contribution in [0.25, 0.3) is 0 Å². The molecular formula is C9H17N. The average molecular weight is 139 g/mol. The summed E-state index contributed by atoms with van der Waals surface area (Å²) >= 11 is 0. The van der Waals surface area contributed by atoms with Gasteiger partial charge < -0.3 is 4.90 Å². The second-order valence-corrected chi connectivity index (χ2v) is 4.24. The Morgan fingerprint density at radius 2 is 2.00 bits per heavy atom. The molecule has 10 heavy (non-hydrogen) atoms. The fourth-order valence-electron chi connectivity index (χ4n) is 2.97. The summed E-state index contributed by atoms with van der Waals surface area (Å²) < 4.78 is 0. The molecule has 1 saturated heterocycles. The molecule has 2 fully saturated rings. The average Bonchev–Trinajstić information content (AvgIpc) is 2.26. The molecule has 0 aromatic heterocycles. The molecule has 1 nitrogen and oxygen atoms in total. The lowest BCUT2D eigenvalue weighted by molar-refractivity contribution is 0.218. The Morgan fingerprint density at radius 1 is 1.30 bits per heavy atom. The van der Waals surface area contributed by atoms with Gasteiger partial charge in [0.1, 0.15) is 0 Å². The van der Waals surface area contributed by atoms with Gasteiger partial charge in [-0.1, -0.05) is 13.8 Å². The Kier molecular flexibility index (Phi) is 1.31. The Hall–Kier alpha value is -0.0400. The van der Waals surface area contributed by atoms with Crippen molar-refractivity contribution in [3.63, 3.8) is 0 Å². The smallest absolute Gasteiger partial charge is 0.0124 e. The summed E-state index contributed by atoms with van der Waals surface area (Å²) in [6, 6.07) is 0.917. The van der Waals surface area contributed by atoms with Crippen molar-refractivity contribution in [2.75, 3.05) is 13.6 Å². The predicted octanol–water partition coefficient (Wildman–Crippen LogP) is 1.59. The van der Waals surface area contributed by atoms with Crippen LogP contribution in [0.1, 0.15) is 20.3 Å². The largest absolute Gasteiger partial charge is 0.303 e. The van der Waals surface area contributed by atoms with Gasteiger partial charge in [0.05, 0.1) is 0 Å². The maximum Gasteiger partial charge on any atom is 0.0124 e. The zero-order valence-electron chi connectivity index (χ0n) is 7.17. The van der Waals surface area contributed by atoms with Gasteiger partial charge in [0, 0.05) is 12.6 Å². The SMILES string of the molecule is CC1CC2C(C)C1CN2C. The molecule has 1 aliphatic heterocycles. The van der Waals surface area contributed by atoms with Gasteiger partial charge in [0.15, 0.2) is 0 Å². The van der Waals surface area contributed by atoms with E-state index in [0.29, 0.717) is 0 Å². The highest BCUT2D eigenvalue weighted by molar-refractivity contribution is 4.98. The van der Waals surface area contributed by atoms with E-state index in [-0.39, 0.29) is 0 Å². The van der Waals surface area contributed by atoms with Crippen molar-refractivity contribution in [1.29, 1.82) is 0 Å².